The Morgan fingerprint density at radius 2 is 1.79 bits per heavy atom. The number of methoxy groups -OCH3 is 1. The third-order valence-corrected chi connectivity index (χ3v) is 5.61. The van der Waals surface area contributed by atoms with Gasteiger partial charge in [0.2, 0.25) is 0 Å². The van der Waals surface area contributed by atoms with Crippen LogP contribution in [0.3, 0.4) is 0 Å². The molecule has 1 aromatic rings. The van der Waals surface area contributed by atoms with E-state index in [9.17, 15) is 4.79 Å². The molecule has 0 aliphatic heterocycles. The molecule has 0 aliphatic carbocycles. The van der Waals surface area contributed by atoms with Gasteiger partial charge in [-0.05, 0) is 0 Å². The van der Waals surface area contributed by atoms with Crippen LogP contribution in [-0.2, 0) is 25.1 Å². The van der Waals surface area contributed by atoms with Crippen LogP contribution in [0.5, 0.6) is 5.75 Å². The molecule has 0 bridgehead atoms. The Balaban J connectivity index is 3.39. The molecule has 160 valence electrons. The van der Waals surface area contributed by atoms with E-state index in [1.165, 1.54) is 11.6 Å². The van der Waals surface area contributed by atoms with Crippen molar-refractivity contribution in [3.05, 3.63) is 34.9 Å². The van der Waals surface area contributed by atoms with Crippen molar-refractivity contribution in [3.63, 3.8) is 0 Å². The maximum absolute atomic E-state index is 11.6. The Bertz CT molecular complexity index is 799. The summed E-state index contributed by atoms with van der Waals surface area (Å²) in [5, 5.41) is 0. The van der Waals surface area contributed by atoms with Crippen molar-refractivity contribution in [1.29, 1.82) is 0 Å². The predicted molar refractivity (Wildman–Crippen MR) is 120 cm³/mol. The number of carbonyl (C=O) groups is 1. The van der Waals surface area contributed by atoms with Gasteiger partial charge in [0.05, 0.1) is 0 Å². The van der Waals surface area contributed by atoms with E-state index in [4.69, 9.17) is 14.2 Å². The van der Waals surface area contributed by atoms with Crippen LogP contribution < -0.4 is 9.20 Å². The molecule has 0 fully saturated rings. The average Bonchev–Trinajstić information content (AvgIpc) is 2.58. The van der Waals surface area contributed by atoms with Crippen LogP contribution in [0.2, 0.25) is 0 Å². The van der Waals surface area contributed by atoms with Gasteiger partial charge in [-0.2, -0.15) is 0 Å². The summed E-state index contributed by atoms with van der Waals surface area (Å²) >= 11 is -0.145. The Labute approximate surface area is 182 Å². The van der Waals surface area contributed by atoms with Gasteiger partial charge in [-0.25, -0.2) is 0 Å². The van der Waals surface area contributed by atoms with Gasteiger partial charge in [0.1, 0.15) is 0 Å². The second kappa shape index (κ2) is 10.9. The Morgan fingerprint density at radius 1 is 1.14 bits per heavy atom. The number of esters is 1. The van der Waals surface area contributed by atoms with Crippen LogP contribution >= 0.6 is 0 Å². The fourth-order valence-corrected chi connectivity index (χ4v) is 4.11. The molecule has 0 radical (unpaired) electrons. The molecule has 0 saturated carbocycles. The zero-order valence-corrected chi connectivity index (χ0v) is 20.9. The molecule has 29 heavy (non-hydrogen) atoms. The molecule has 5 heteroatoms. The van der Waals surface area contributed by atoms with E-state index in [2.05, 4.69) is 64.4 Å². The summed E-state index contributed by atoms with van der Waals surface area (Å²) in [6.45, 7) is 17.3. The molecule has 0 aromatic heterocycles. The SMILES string of the molecule is CCOC(=O)/C=C(\C)C#C[Se]c1cc(C(C)(C)C)cc(C(C)(C)C)c1OCOC. The number of allylic oxidation sites excluding steroid dienone is 1. The van der Waals surface area contributed by atoms with Crippen LogP contribution in [-0.4, -0.2) is 41.4 Å². The van der Waals surface area contributed by atoms with Crippen LogP contribution in [0.25, 0.3) is 0 Å². The molecule has 0 saturated heterocycles. The van der Waals surface area contributed by atoms with Gasteiger partial charge in [0.25, 0.3) is 0 Å². The van der Waals surface area contributed by atoms with Crippen molar-refractivity contribution in [2.24, 2.45) is 0 Å². The topological polar surface area (TPSA) is 44.8 Å². The van der Waals surface area contributed by atoms with Crippen molar-refractivity contribution >= 4 is 25.4 Å². The van der Waals surface area contributed by atoms with Gasteiger partial charge < -0.3 is 0 Å². The predicted octanol–water partition coefficient (Wildman–Crippen LogP) is 4.06. The van der Waals surface area contributed by atoms with Crippen molar-refractivity contribution in [3.8, 4) is 16.5 Å². The first-order valence-electron chi connectivity index (χ1n) is 9.73. The summed E-state index contributed by atoms with van der Waals surface area (Å²) in [6.07, 6.45) is 1.43. The Hall–Kier alpha value is -1.73. The standard InChI is InChI=1S/C24H34O4Se/c1-10-27-21(25)13-17(2)11-12-29-20-15-18(23(3,4)5)14-19(24(6,7)8)22(20)28-16-26-9/h13-15H,10,16H2,1-9H3/b17-13+. The summed E-state index contributed by atoms with van der Waals surface area (Å²) in [4.78, 5) is 14.8. The maximum atomic E-state index is 11.6. The molecule has 0 atom stereocenters. The van der Waals surface area contributed by atoms with E-state index in [0.29, 0.717) is 12.2 Å². The number of carbonyl (C=O) groups excluding carboxylic acids is 1. The first-order chi connectivity index (χ1) is 13.4. The Kier molecular flexibility index (Phi) is 9.49. The van der Waals surface area contributed by atoms with E-state index >= 15 is 0 Å². The van der Waals surface area contributed by atoms with Gasteiger partial charge in [-0.15, -0.1) is 0 Å². The second-order valence-electron chi connectivity index (χ2n) is 8.81. The second-order valence-corrected chi connectivity index (χ2v) is 10.6. The third kappa shape index (κ3) is 8.26. The zero-order chi connectivity index (χ0) is 22.2. The summed E-state index contributed by atoms with van der Waals surface area (Å²) in [7, 11) is 1.62. The monoisotopic (exact) mass is 466 g/mol. The normalized spacial score (nSPS) is 12.2. The fraction of sp³-hybridized carbons (Fsp3) is 0.542. The average molecular weight is 465 g/mol. The van der Waals surface area contributed by atoms with Gasteiger partial charge in [0.15, 0.2) is 0 Å². The fourth-order valence-electron chi connectivity index (χ4n) is 2.49. The molecule has 0 aliphatic rings. The minimum atomic E-state index is -0.360. The molecule has 0 spiro atoms. The third-order valence-electron chi connectivity index (χ3n) is 4.08. The molecule has 1 rings (SSSR count). The van der Waals surface area contributed by atoms with E-state index < -0.39 is 0 Å². The molecule has 0 amide bonds. The number of rotatable bonds is 6. The van der Waals surface area contributed by atoms with Gasteiger partial charge in [0, 0.05) is 0 Å². The van der Waals surface area contributed by atoms with Gasteiger partial charge in [-0.3, -0.25) is 0 Å². The van der Waals surface area contributed by atoms with Gasteiger partial charge in [-0.1, -0.05) is 0 Å². The quantitative estimate of drug-likeness (QED) is 0.209. The molecule has 0 unspecified atom stereocenters. The number of hydrogen-bond donors (Lipinski definition) is 0. The van der Waals surface area contributed by atoms with Crippen LogP contribution in [0, 0.1) is 10.7 Å². The van der Waals surface area contributed by atoms with Crippen LogP contribution in [0.1, 0.15) is 66.5 Å². The molecule has 1 aromatic carbocycles. The first kappa shape index (κ1) is 25.3. The van der Waals surface area contributed by atoms with E-state index in [1.807, 2.05) is 6.92 Å². The van der Waals surface area contributed by atoms with Crippen molar-refractivity contribution in [2.75, 3.05) is 20.5 Å². The molecule has 0 heterocycles. The summed E-state index contributed by atoms with van der Waals surface area (Å²) in [5.74, 6) is 3.57. The van der Waals surface area contributed by atoms with Crippen molar-refractivity contribution in [2.45, 2.75) is 66.2 Å². The number of benzene rings is 1. The van der Waals surface area contributed by atoms with Crippen LogP contribution in [0.4, 0.5) is 0 Å². The first-order valence-corrected chi connectivity index (χ1v) is 11.4. The molecule has 4 nitrogen and oxygen atoms in total. The van der Waals surface area contributed by atoms with Crippen LogP contribution in [0.15, 0.2) is 23.8 Å². The van der Waals surface area contributed by atoms with E-state index in [1.54, 1.807) is 14.0 Å². The molecular formula is C24H34O4Se. The van der Waals surface area contributed by atoms with Crippen molar-refractivity contribution in [1.82, 2.24) is 0 Å². The molecule has 0 N–H and O–H groups in total. The van der Waals surface area contributed by atoms with E-state index in [-0.39, 0.29) is 38.5 Å². The van der Waals surface area contributed by atoms with E-state index in [0.717, 1.165) is 15.8 Å². The summed E-state index contributed by atoms with van der Waals surface area (Å²) < 4.78 is 17.2. The number of hydrogen-bond acceptors (Lipinski definition) is 4. The van der Waals surface area contributed by atoms with Gasteiger partial charge >= 0.3 is 183 Å². The minimum absolute atomic E-state index is 0.0117. The number of ether oxygens (including phenoxy) is 3. The zero-order valence-electron chi connectivity index (χ0n) is 19.2. The Morgan fingerprint density at radius 3 is 2.31 bits per heavy atom. The molecular weight excluding hydrogens is 431 g/mol. The summed E-state index contributed by atoms with van der Waals surface area (Å²) in [5.41, 5.74) is 3.02. The van der Waals surface area contributed by atoms with Crippen molar-refractivity contribution < 1.29 is 19.0 Å². The summed E-state index contributed by atoms with van der Waals surface area (Å²) in [6, 6.07) is 4.43.